The molecule has 0 bridgehead atoms. The molecule has 1 amide bonds. The van der Waals surface area contributed by atoms with E-state index in [-0.39, 0.29) is 5.91 Å². The first kappa shape index (κ1) is 18.3. The molecule has 4 aromatic rings. The van der Waals surface area contributed by atoms with E-state index >= 15 is 0 Å². The molecule has 1 fully saturated rings. The number of amides is 1. The van der Waals surface area contributed by atoms with Gasteiger partial charge >= 0.3 is 0 Å². The van der Waals surface area contributed by atoms with Crippen LogP contribution >= 0.6 is 0 Å². The first-order valence-electron chi connectivity index (χ1n) is 9.83. The molecule has 150 valence electrons. The van der Waals surface area contributed by atoms with Crippen LogP contribution in [-0.2, 0) is 4.74 Å². The van der Waals surface area contributed by atoms with Crippen molar-refractivity contribution in [3.8, 4) is 11.3 Å². The molecule has 3 heterocycles. The van der Waals surface area contributed by atoms with Crippen molar-refractivity contribution in [2.75, 3.05) is 36.5 Å². The highest BCUT2D eigenvalue weighted by Gasteiger charge is 2.15. The highest BCUT2D eigenvalue weighted by molar-refractivity contribution is 6.07. The van der Waals surface area contributed by atoms with E-state index in [2.05, 4.69) is 20.4 Å². The summed E-state index contributed by atoms with van der Waals surface area (Å²) < 4.78 is 10.9. The van der Waals surface area contributed by atoms with E-state index in [1.54, 1.807) is 24.4 Å². The van der Waals surface area contributed by atoms with Crippen molar-refractivity contribution in [2.45, 2.75) is 0 Å². The number of rotatable bonds is 4. The van der Waals surface area contributed by atoms with Crippen LogP contribution < -0.4 is 10.2 Å². The predicted molar refractivity (Wildman–Crippen MR) is 115 cm³/mol. The normalized spacial score (nSPS) is 14.1. The molecule has 2 aromatic heterocycles. The lowest BCUT2D eigenvalue weighted by atomic mass is 10.1. The van der Waals surface area contributed by atoms with E-state index < -0.39 is 0 Å². The number of hydrogen-bond donors (Lipinski definition) is 1. The van der Waals surface area contributed by atoms with E-state index in [9.17, 15) is 4.79 Å². The van der Waals surface area contributed by atoms with Gasteiger partial charge in [-0.1, -0.05) is 35.5 Å². The summed E-state index contributed by atoms with van der Waals surface area (Å²) >= 11 is 0. The number of morpholine rings is 1. The average molecular weight is 400 g/mol. The van der Waals surface area contributed by atoms with Gasteiger partial charge < -0.3 is 19.5 Å². The molecule has 1 aliphatic heterocycles. The van der Waals surface area contributed by atoms with Crippen molar-refractivity contribution in [2.24, 2.45) is 0 Å². The van der Waals surface area contributed by atoms with Crippen LogP contribution in [0, 0.1) is 0 Å². The van der Waals surface area contributed by atoms with Gasteiger partial charge in [-0.05, 0) is 30.3 Å². The maximum Gasteiger partial charge on any atom is 0.256 e. The van der Waals surface area contributed by atoms with Crippen LogP contribution in [0.25, 0.3) is 22.2 Å². The molecule has 1 aliphatic rings. The minimum atomic E-state index is -0.233. The Hall–Kier alpha value is -3.71. The minimum absolute atomic E-state index is 0.233. The summed E-state index contributed by atoms with van der Waals surface area (Å²) in [5, 5.41) is 7.76. The Morgan fingerprint density at radius 3 is 2.60 bits per heavy atom. The van der Waals surface area contributed by atoms with Crippen molar-refractivity contribution < 1.29 is 14.1 Å². The van der Waals surface area contributed by atoms with Gasteiger partial charge in [0.15, 0.2) is 5.76 Å². The Morgan fingerprint density at radius 1 is 1.00 bits per heavy atom. The third-order valence-electron chi connectivity index (χ3n) is 5.14. The second-order valence-corrected chi connectivity index (χ2v) is 7.06. The quantitative estimate of drug-likeness (QED) is 0.558. The SMILES string of the molecule is O=C(Nc1ccc(N2CCOCC2)cn1)c1ccc2noc(-c3ccccc3)c2c1. The molecule has 0 saturated carbocycles. The monoisotopic (exact) mass is 400 g/mol. The largest absolute Gasteiger partial charge is 0.378 e. The maximum atomic E-state index is 12.8. The van der Waals surface area contributed by atoms with Crippen LogP contribution in [0.4, 0.5) is 11.5 Å². The van der Waals surface area contributed by atoms with Gasteiger partial charge in [-0.3, -0.25) is 4.79 Å². The number of carbonyl (C=O) groups is 1. The van der Waals surface area contributed by atoms with Gasteiger partial charge in [0.05, 0.1) is 30.5 Å². The highest BCUT2D eigenvalue weighted by atomic mass is 16.5. The van der Waals surface area contributed by atoms with Crippen LogP contribution in [0.5, 0.6) is 0 Å². The molecule has 0 atom stereocenters. The minimum Gasteiger partial charge on any atom is -0.378 e. The lowest BCUT2D eigenvalue weighted by molar-refractivity contribution is 0.102. The van der Waals surface area contributed by atoms with Gasteiger partial charge in [0.25, 0.3) is 5.91 Å². The molecular formula is C23H20N4O3. The van der Waals surface area contributed by atoms with Crippen LogP contribution in [0.1, 0.15) is 10.4 Å². The van der Waals surface area contributed by atoms with Crippen molar-refractivity contribution in [3.63, 3.8) is 0 Å². The smallest absolute Gasteiger partial charge is 0.256 e. The van der Waals surface area contributed by atoms with Crippen molar-refractivity contribution >= 4 is 28.3 Å². The van der Waals surface area contributed by atoms with Crippen LogP contribution in [0.2, 0.25) is 0 Å². The summed E-state index contributed by atoms with van der Waals surface area (Å²) in [6.45, 7) is 3.12. The molecule has 1 N–H and O–H groups in total. The second-order valence-electron chi connectivity index (χ2n) is 7.06. The predicted octanol–water partition coefficient (Wildman–Crippen LogP) is 3.98. The molecule has 5 rings (SSSR count). The number of fused-ring (bicyclic) bond motifs is 1. The van der Waals surface area contributed by atoms with Gasteiger partial charge in [0, 0.05) is 24.2 Å². The van der Waals surface area contributed by atoms with Gasteiger partial charge in [0.1, 0.15) is 11.3 Å². The molecule has 30 heavy (non-hydrogen) atoms. The van der Waals surface area contributed by atoms with Crippen LogP contribution in [0.3, 0.4) is 0 Å². The van der Waals surface area contributed by atoms with Gasteiger partial charge in [0.2, 0.25) is 0 Å². The standard InChI is InChI=1S/C23H20N4O3/c28-23(25-21-9-7-18(15-24-21)27-10-12-29-13-11-27)17-6-8-20-19(14-17)22(30-26-20)16-4-2-1-3-5-16/h1-9,14-15H,10-13H2,(H,24,25,28). The average Bonchev–Trinajstić information content (AvgIpc) is 3.24. The first-order valence-corrected chi connectivity index (χ1v) is 9.83. The van der Waals surface area contributed by atoms with Gasteiger partial charge in [-0.2, -0.15) is 0 Å². The Kier molecular flexibility index (Phi) is 4.86. The third kappa shape index (κ3) is 3.62. The maximum absolute atomic E-state index is 12.8. The lowest BCUT2D eigenvalue weighted by Gasteiger charge is -2.28. The third-order valence-corrected chi connectivity index (χ3v) is 5.14. The zero-order chi connectivity index (χ0) is 20.3. The number of nitrogens with zero attached hydrogens (tertiary/aromatic N) is 3. The number of nitrogens with one attached hydrogen (secondary N) is 1. The Bertz CT molecular complexity index is 1170. The summed E-state index contributed by atoms with van der Waals surface area (Å²) in [6.07, 6.45) is 1.78. The number of aromatic nitrogens is 2. The molecule has 0 radical (unpaired) electrons. The molecule has 7 heteroatoms. The second kappa shape index (κ2) is 7.96. The fraction of sp³-hybridized carbons (Fsp3) is 0.174. The number of anilines is 2. The molecule has 0 unspecified atom stereocenters. The Labute approximate surface area is 173 Å². The Morgan fingerprint density at radius 2 is 1.83 bits per heavy atom. The zero-order valence-electron chi connectivity index (χ0n) is 16.2. The highest BCUT2D eigenvalue weighted by Crippen LogP contribution is 2.29. The van der Waals surface area contributed by atoms with E-state index in [0.717, 1.165) is 42.9 Å². The molecule has 0 spiro atoms. The topological polar surface area (TPSA) is 80.5 Å². The van der Waals surface area contributed by atoms with E-state index in [1.807, 2.05) is 42.5 Å². The molecule has 0 aliphatic carbocycles. The molecule has 1 saturated heterocycles. The fourth-order valence-electron chi connectivity index (χ4n) is 3.54. The van der Waals surface area contributed by atoms with Gasteiger partial charge in [-0.25, -0.2) is 4.98 Å². The fourth-order valence-corrected chi connectivity index (χ4v) is 3.54. The number of carbonyl (C=O) groups excluding carboxylic acids is 1. The summed E-state index contributed by atoms with van der Waals surface area (Å²) in [5.74, 6) is 0.919. The van der Waals surface area contributed by atoms with Gasteiger partial charge in [-0.15, -0.1) is 0 Å². The summed E-state index contributed by atoms with van der Waals surface area (Å²) in [6, 6.07) is 18.8. The molecule has 2 aromatic carbocycles. The number of pyridine rings is 1. The Balaban J connectivity index is 1.36. The van der Waals surface area contributed by atoms with Crippen LogP contribution in [0.15, 0.2) is 71.4 Å². The lowest BCUT2D eigenvalue weighted by Crippen LogP contribution is -2.36. The van der Waals surface area contributed by atoms with Crippen LogP contribution in [-0.4, -0.2) is 42.4 Å². The van der Waals surface area contributed by atoms with Crippen molar-refractivity contribution in [1.82, 2.24) is 10.1 Å². The first-order chi connectivity index (χ1) is 14.8. The summed E-state index contributed by atoms with van der Waals surface area (Å²) in [4.78, 5) is 19.4. The van der Waals surface area contributed by atoms with Crippen molar-refractivity contribution in [1.29, 1.82) is 0 Å². The zero-order valence-corrected chi connectivity index (χ0v) is 16.2. The number of ether oxygens (including phenoxy) is 1. The summed E-state index contributed by atoms with van der Waals surface area (Å²) in [7, 11) is 0. The van der Waals surface area contributed by atoms with E-state index in [4.69, 9.17) is 9.26 Å². The number of hydrogen-bond acceptors (Lipinski definition) is 6. The molecular weight excluding hydrogens is 380 g/mol. The number of benzene rings is 2. The summed E-state index contributed by atoms with van der Waals surface area (Å²) in [5.41, 5.74) is 3.16. The van der Waals surface area contributed by atoms with E-state index in [1.165, 1.54) is 0 Å². The van der Waals surface area contributed by atoms with Crippen molar-refractivity contribution in [3.05, 3.63) is 72.4 Å². The molecule has 7 nitrogen and oxygen atoms in total. The van der Waals surface area contributed by atoms with E-state index in [0.29, 0.717) is 22.7 Å².